The van der Waals surface area contributed by atoms with Crippen LogP contribution < -0.4 is 0 Å². The van der Waals surface area contributed by atoms with Gasteiger partial charge in [0.25, 0.3) is 0 Å². The van der Waals surface area contributed by atoms with Crippen molar-refractivity contribution in [2.24, 2.45) is 0 Å². The number of aliphatic hydroxyl groups excluding tert-OH is 1. The highest BCUT2D eigenvalue weighted by atomic mass is 35.5. The molecule has 0 heterocycles. The molecule has 0 spiro atoms. The molecular formula is C14H22ClNO. The molecule has 3 heteroatoms. The second-order valence-electron chi connectivity index (χ2n) is 4.50. The van der Waals surface area contributed by atoms with Crippen LogP contribution in [0.2, 0.25) is 5.02 Å². The molecular weight excluding hydrogens is 234 g/mol. The Morgan fingerprint density at radius 1 is 1.29 bits per heavy atom. The molecule has 0 bridgehead atoms. The Labute approximate surface area is 109 Å². The zero-order valence-corrected chi connectivity index (χ0v) is 11.5. The van der Waals surface area contributed by atoms with E-state index in [-0.39, 0.29) is 0 Å². The highest BCUT2D eigenvalue weighted by Gasteiger charge is 2.11. The van der Waals surface area contributed by atoms with E-state index in [1.165, 1.54) is 5.56 Å². The van der Waals surface area contributed by atoms with Crippen molar-refractivity contribution in [2.75, 3.05) is 20.2 Å². The number of halogens is 1. The average molecular weight is 256 g/mol. The third kappa shape index (κ3) is 5.07. The summed E-state index contributed by atoms with van der Waals surface area (Å²) in [5, 5.41) is 9.52. The van der Waals surface area contributed by atoms with Gasteiger partial charge in [0.1, 0.15) is 0 Å². The number of nitrogens with zero attached hydrogens (tertiary/aromatic N) is 1. The molecule has 1 unspecified atom stereocenters. The molecule has 17 heavy (non-hydrogen) atoms. The minimum atomic E-state index is 0.299. The van der Waals surface area contributed by atoms with Gasteiger partial charge in [-0.25, -0.2) is 0 Å². The zero-order chi connectivity index (χ0) is 12.7. The lowest BCUT2D eigenvalue weighted by molar-refractivity contribution is 0.244. The van der Waals surface area contributed by atoms with Crippen molar-refractivity contribution in [1.29, 1.82) is 0 Å². The Kier molecular flexibility index (Phi) is 6.56. The molecule has 0 aliphatic carbocycles. The van der Waals surface area contributed by atoms with Gasteiger partial charge in [-0.3, -0.25) is 4.90 Å². The summed E-state index contributed by atoms with van der Waals surface area (Å²) < 4.78 is 0. The van der Waals surface area contributed by atoms with Gasteiger partial charge < -0.3 is 5.11 Å². The minimum absolute atomic E-state index is 0.299. The highest BCUT2D eigenvalue weighted by Crippen LogP contribution is 2.22. The van der Waals surface area contributed by atoms with E-state index in [0.717, 1.165) is 30.8 Å². The second-order valence-corrected chi connectivity index (χ2v) is 4.93. The van der Waals surface area contributed by atoms with E-state index >= 15 is 0 Å². The normalized spacial score (nSPS) is 13.0. The topological polar surface area (TPSA) is 23.5 Å². The van der Waals surface area contributed by atoms with Gasteiger partial charge in [0.15, 0.2) is 0 Å². The van der Waals surface area contributed by atoms with Crippen molar-refractivity contribution in [3.63, 3.8) is 0 Å². The zero-order valence-electron chi connectivity index (χ0n) is 10.7. The maximum atomic E-state index is 8.72. The van der Waals surface area contributed by atoms with Gasteiger partial charge in [-0.05, 0) is 57.5 Å². The molecule has 1 aromatic rings. The smallest absolute Gasteiger partial charge is 0.0431 e. The van der Waals surface area contributed by atoms with Gasteiger partial charge in [0, 0.05) is 17.7 Å². The summed E-state index contributed by atoms with van der Waals surface area (Å²) in [7, 11) is 2.13. The molecule has 0 amide bonds. The second kappa shape index (κ2) is 7.70. The van der Waals surface area contributed by atoms with E-state index in [2.05, 4.69) is 24.9 Å². The molecule has 1 aromatic carbocycles. The average Bonchev–Trinajstić information content (AvgIpc) is 2.33. The number of rotatable bonds is 7. The minimum Gasteiger partial charge on any atom is -0.396 e. The number of aliphatic hydroxyl groups is 1. The molecule has 1 N–H and O–H groups in total. The van der Waals surface area contributed by atoms with Gasteiger partial charge in [-0.15, -0.1) is 0 Å². The van der Waals surface area contributed by atoms with Crippen molar-refractivity contribution in [2.45, 2.75) is 32.2 Å². The summed E-state index contributed by atoms with van der Waals surface area (Å²) in [5.41, 5.74) is 1.25. The van der Waals surface area contributed by atoms with Crippen LogP contribution in [0.15, 0.2) is 24.3 Å². The number of benzene rings is 1. The van der Waals surface area contributed by atoms with E-state index in [0.29, 0.717) is 12.6 Å². The fourth-order valence-electron chi connectivity index (χ4n) is 1.86. The lowest BCUT2D eigenvalue weighted by atomic mass is 10.1. The van der Waals surface area contributed by atoms with E-state index in [4.69, 9.17) is 16.7 Å². The maximum Gasteiger partial charge on any atom is 0.0431 e. The summed E-state index contributed by atoms with van der Waals surface area (Å²) in [5.74, 6) is 0. The molecule has 0 saturated carbocycles. The van der Waals surface area contributed by atoms with Gasteiger partial charge in [-0.2, -0.15) is 0 Å². The van der Waals surface area contributed by atoms with Crippen molar-refractivity contribution in [3.8, 4) is 0 Å². The fraction of sp³-hybridized carbons (Fsp3) is 0.571. The molecule has 2 nitrogen and oxygen atoms in total. The largest absolute Gasteiger partial charge is 0.396 e. The van der Waals surface area contributed by atoms with Crippen LogP contribution in [0.25, 0.3) is 0 Å². The summed E-state index contributed by atoms with van der Waals surface area (Å²) in [6, 6.07) is 8.41. The lowest BCUT2D eigenvalue weighted by Gasteiger charge is -2.25. The number of unbranched alkanes of at least 4 members (excludes halogenated alkanes) is 2. The van der Waals surface area contributed by atoms with E-state index < -0.39 is 0 Å². The van der Waals surface area contributed by atoms with Gasteiger partial charge in [-0.1, -0.05) is 23.7 Å². The molecule has 0 fully saturated rings. The Morgan fingerprint density at radius 3 is 2.71 bits per heavy atom. The number of hydrogen-bond acceptors (Lipinski definition) is 2. The third-order valence-electron chi connectivity index (χ3n) is 3.16. The van der Waals surface area contributed by atoms with Crippen LogP contribution in [0.4, 0.5) is 0 Å². The first-order valence-corrected chi connectivity index (χ1v) is 6.59. The van der Waals surface area contributed by atoms with E-state index in [1.54, 1.807) is 0 Å². The third-order valence-corrected chi connectivity index (χ3v) is 3.40. The first kappa shape index (κ1) is 14.5. The van der Waals surface area contributed by atoms with Gasteiger partial charge in [0.05, 0.1) is 0 Å². The fourth-order valence-corrected chi connectivity index (χ4v) is 2.06. The van der Waals surface area contributed by atoms with Crippen LogP contribution in [0.3, 0.4) is 0 Å². The quantitative estimate of drug-likeness (QED) is 0.754. The van der Waals surface area contributed by atoms with Crippen LogP contribution in [0, 0.1) is 0 Å². The standard InChI is InChI=1S/C14H22ClNO/c1-12(13-7-6-8-14(15)11-13)16(2)9-4-3-5-10-17/h6-8,11-12,17H,3-5,9-10H2,1-2H3. The first-order chi connectivity index (χ1) is 8.15. The Morgan fingerprint density at radius 2 is 2.06 bits per heavy atom. The summed E-state index contributed by atoms with van der Waals surface area (Å²) in [6.07, 6.45) is 3.12. The Hall–Kier alpha value is -0.570. The lowest BCUT2D eigenvalue weighted by Crippen LogP contribution is -2.23. The molecule has 0 radical (unpaired) electrons. The summed E-state index contributed by atoms with van der Waals surface area (Å²) >= 11 is 5.99. The van der Waals surface area contributed by atoms with Crippen molar-refractivity contribution in [1.82, 2.24) is 4.90 Å². The maximum absolute atomic E-state index is 8.72. The molecule has 0 aromatic heterocycles. The SMILES string of the molecule is CC(c1cccc(Cl)c1)N(C)CCCCCO. The molecule has 96 valence electrons. The van der Waals surface area contributed by atoms with Gasteiger partial charge >= 0.3 is 0 Å². The van der Waals surface area contributed by atoms with Gasteiger partial charge in [0.2, 0.25) is 0 Å². The Balaban J connectivity index is 2.43. The van der Waals surface area contributed by atoms with Crippen LogP contribution in [0.5, 0.6) is 0 Å². The molecule has 1 rings (SSSR count). The van der Waals surface area contributed by atoms with Crippen molar-refractivity contribution >= 4 is 11.6 Å². The van der Waals surface area contributed by atoms with Crippen molar-refractivity contribution in [3.05, 3.63) is 34.9 Å². The van der Waals surface area contributed by atoms with Crippen molar-refractivity contribution < 1.29 is 5.11 Å². The van der Waals surface area contributed by atoms with Crippen LogP contribution in [-0.2, 0) is 0 Å². The van der Waals surface area contributed by atoms with E-state index in [1.807, 2.05) is 18.2 Å². The predicted molar refractivity (Wildman–Crippen MR) is 73.4 cm³/mol. The Bertz CT molecular complexity index is 330. The number of hydrogen-bond donors (Lipinski definition) is 1. The van der Waals surface area contributed by atoms with E-state index in [9.17, 15) is 0 Å². The highest BCUT2D eigenvalue weighted by molar-refractivity contribution is 6.30. The molecule has 0 aliphatic heterocycles. The van der Waals surface area contributed by atoms with Crippen LogP contribution in [0.1, 0.15) is 37.8 Å². The molecule has 0 aliphatic rings. The monoisotopic (exact) mass is 255 g/mol. The first-order valence-electron chi connectivity index (χ1n) is 6.21. The summed E-state index contributed by atoms with van der Waals surface area (Å²) in [4.78, 5) is 2.32. The summed E-state index contributed by atoms with van der Waals surface area (Å²) in [6.45, 7) is 3.54. The predicted octanol–water partition coefficient (Wildman–Crippen LogP) is 3.50. The van der Waals surface area contributed by atoms with Crippen LogP contribution >= 0.6 is 11.6 Å². The molecule has 1 atom stereocenters. The van der Waals surface area contributed by atoms with Crippen LogP contribution in [-0.4, -0.2) is 30.2 Å². The molecule has 0 saturated heterocycles.